The van der Waals surface area contributed by atoms with Gasteiger partial charge < -0.3 is 9.88 Å². The summed E-state index contributed by atoms with van der Waals surface area (Å²) in [6.07, 6.45) is 2.07. The molecule has 14 rings (SSSR count). The highest BCUT2D eigenvalue weighted by Gasteiger charge is 2.25. The van der Waals surface area contributed by atoms with Crippen molar-refractivity contribution in [3.63, 3.8) is 0 Å². The van der Waals surface area contributed by atoms with E-state index in [1.165, 1.54) is 63.3 Å². The molecule has 0 atom stereocenters. The van der Waals surface area contributed by atoms with Crippen LogP contribution in [0.15, 0.2) is 235 Å². The molecule has 5 heteroatoms. The van der Waals surface area contributed by atoms with Crippen LogP contribution in [0, 0.1) is 0 Å². The molecule has 67 heavy (non-hydrogen) atoms. The minimum absolute atomic E-state index is 0.638. The molecule has 0 bridgehead atoms. The van der Waals surface area contributed by atoms with Crippen molar-refractivity contribution >= 4 is 114 Å². The third-order valence-corrected chi connectivity index (χ3v) is 14.7. The maximum Gasteiger partial charge on any atom is 0.162 e. The summed E-state index contributed by atoms with van der Waals surface area (Å²) in [7, 11) is 0. The second kappa shape index (κ2) is 15.0. The monoisotopic (exact) mass is 870 g/mol. The molecule has 4 nitrogen and oxygen atoms in total. The van der Waals surface area contributed by atoms with Crippen molar-refractivity contribution in [2.24, 2.45) is 9.98 Å². The van der Waals surface area contributed by atoms with E-state index in [0.29, 0.717) is 5.84 Å². The number of hydrogen-bond acceptors (Lipinski definition) is 4. The zero-order chi connectivity index (χ0) is 44.0. The number of nitrogens with zero attached hydrogens (tertiary/aromatic N) is 3. The van der Waals surface area contributed by atoms with Gasteiger partial charge in [-0.3, -0.25) is 0 Å². The third-order valence-electron chi connectivity index (χ3n) is 13.6. The van der Waals surface area contributed by atoms with Crippen molar-refractivity contribution in [3.8, 4) is 16.8 Å². The van der Waals surface area contributed by atoms with Crippen LogP contribution < -0.4 is 5.32 Å². The topological polar surface area (TPSA) is 41.7 Å². The number of hydrogen-bond donors (Lipinski definition) is 1. The lowest BCUT2D eigenvalue weighted by Crippen LogP contribution is -2.20. The summed E-state index contributed by atoms with van der Waals surface area (Å²) in [6, 6.07) is 78.9. The lowest BCUT2D eigenvalue weighted by Gasteiger charge is -2.17. The molecule has 3 heterocycles. The predicted molar refractivity (Wildman–Crippen MR) is 286 cm³/mol. The number of thiophene rings is 1. The minimum atomic E-state index is 0.638. The number of rotatable bonds is 5. The van der Waals surface area contributed by atoms with Crippen LogP contribution in [0.4, 0.5) is 0 Å². The van der Waals surface area contributed by atoms with Crippen molar-refractivity contribution in [2.75, 3.05) is 0 Å². The Morgan fingerprint density at radius 2 is 1.04 bits per heavy atom. The van der Waals surface area contributed by atoms with Gasteiger partial charge in [0.1, 0.15) is 5.84 Å². The first-order valence-electron chi connectivity index (χ1n) is 22.7. The molecule has 0 aliphatic carbocycles. The van der Waals surface area contributed by atoms with Gasteiger partial charge in [-0.25, -0.2) is 9.98 Å². The molecule has 1 aliphatic heterocycles. The molecule has 1 aliphatic rings. The number of amidine groups is 2. The Hall–Kier alpha value is -8.64. The second-order valence-electron chi connectivity index (χ2n) is 17.4. The summed E-state index contributed by atoms with van der Waals surface area (Å²) in [6.45, 7) is 0. The third kappa shape index (κ3) is 5.99. The van der Waals surface area contributed by atoms with Gasteiger partial charge in [0.05, 0.1) is 22.4 Å². The van der Waals surface area contributed by atoms with E-state index in [2.05, 4.69) is 234 Å². The van der Waals surface area contributed by atoms with Crippen LogP contribution in [-0.2, 0) is 0 Å². The van der Waals surface area contributed by atoms with Crippen LogP contribution >= 0.6 is 11.3 Å². The quantitative estimate of drug-likeness (QED) is 0.172. The van der Waals surface area contributed by atoms with Gasteiger partial charge in [0.15, 0.2) is 5.84 Å². The van der Waals surface area contributed by atoms with Gasteiger partial charge in [-0.1, -0.05) is 170 Å². The van der Waals surface area contributed by atoms with Gasteiger partial charge in [0, 0.05) is 53.8 Å². The highest BCUT2D eigenvalue weighted by Crippen LogP contribution is 2.46. The molecule has 13 aromatic rings. The van der Waals surface area contributed by atoms with Crippen molar-refractivity contribution in [3.05, 3.63) is 241 Å². The van der Waals surface area contributed by atoms with E-state index < -0.39 is 0 Å². The van der Waals surface area contributed by atoms with Crippen LogP contribution in [-0.4, -0.2) is 16.2 Å². The second-order valence-corrected chi connectivity index (χ2v) is 18.5. The highest BCUT2D eigenvalue weighted by molar-refractivity contribution is 7.25. The van der Waals surface area contributed by atoms with Crippen LogP contribution in [0.3, 0.4) is 0 Å². The van der Waals surface area contributed by atoms with E-state index in [9.17, 15) is 0 Å². The van der Waals surface area contributed by atoms with Gasteiger partial charge in [-0.05, 0) is 103 Å². The zero-order valence-electron chi connectivity index (χ0n) is 36.1. The Morgan fingerprint density at radius 3 is 1.90 bits per heavy atom. The van der Waals surface area contributed by atoms with Gasteiger partial charge in [0.2, 0.25) is 0 Å². The van der Waals surface area contributed by atoms with E-state index in [1.54, 1.807) is 0 Å². The van der Waals surface area contributed by atoms with E-state index in [0.717, 1.165) is 66.8 Å². The summed E-state index contributed by atoms with van der Waals surface area (Å²) in [5.74, 6) is 1.36. The fourth-order valence-corrected chi connectivity index (χ4v) is 11.6. The van der Waals surface area contributed by atoms with Crippen LogP contribution in [0.1, 0.15) is 16.7 Å². The molecule has 0 spiro atoms. The van der Waals surface area contributed by atoms with E-state index in [1.807, 2.05) is 11.3 Å². The van der Waals surface area contributed by atoms with Gasteiger partial charge >= 0.3 is 0 Å². The predicted octanol–water partition coefficient (Wildman–Crippen LogP) is 16.2. The summed E-state index contributed by atoms with van der Waals surface area (Å²) in [4.78, 5) is 11.3. The maximum atomic E-state index is 5.75. The lowest BCUT2D eigenvalue weighted by molar-refractivity contribution is 1.18. The van der Waals surface area contributed by atoms with Crippen LogP contribution in [0.2, 0.25) is 0 Å². The van der Waals surface area contributed by atoms with Crippen molar-refractivity contribution < 1.29 is 0 Å². The summed E-state index contributed by atoms with van der Waals surface area (Å²) >= 11 is 1.84. The molecule has 0 saturated heterocycles. The number of aliphatic imine (C=N–C) groups is 2. The number of benzene rings is 11. The largest absolute Gasteiger partial charge is 0.344 e. The van der Waals surface area contributed by atoms with Gasteiger partial charge in [-0.15, -0.1) is 11.3 Å². The highest BCUT2D eigenvalue weighted by atomic mass is 32.1. The summed E-state index contributed by atoms with van der Waals surface area (Å²) in [5.41, 5.74) is 9.39. The summed E-state index contributed by atoms with van der Waals surface area (Å²) < 4.78 is 4.99. The van der Waals surface area contributed by atoms with Crippen LogP contribution in [0.25, 0.3) is 108 Å². The lowest BCUT2D eigenvalue weighted by atomic mass is 9.96. The normalized spacial score (nSPS) is 13.2. The zero-order valence-corrected chi connectivity index (χ0v) is 36.9. The molecule has 0 unspecified atom stereocenters. The standard InChI is InChI=1S/C62H38N4S/c1-2-15-38(16-3-1)40-21-14-22-44(33-40)61-63-37-53(64-62(65-61)51-35-43-20-7-8-23-45(43)47-25-10-11-26-48(47)51)49-30-32-57-59(50-27-12-13-28-56(50)67-57)60(49)66-54-31-29-39-17-6-9-24-46(39)58(54)52-34-41-18-4-5-19-42(41)36-55(52)66/h1-37H,(H,63,64,65). The van der Waals surface area contributed by atoms with Gasteiger partial charge in [0.25, 0.3) is 0 Å². The van der Waals surface area contributed by atoms with E-state index in [4.69, 9.17) is 9.98 Å². The molecule has 312 valence electrons. The Labute approximate surface area is 389 Å². The van der Waals surface area contributed by atoms with Crippen molar-refractivity contribution in [1.29, 1.82) is 0 Å². The smallest absolute Gasteiger partial charge is 0.162 e. The average Bonchev–Trinajstić information content (AvgIpc) is 3.84. The first kappa shape index (κ1) is 37.7. The fourth-order valence-electron chi connectivity index (χ4n) is 10.5. The molecule has 0 saturated carbocycles. The molecule has 0 radical (unpaired) electrons. The Bertz CT molecular complexity index is 4300. The molecule has 0 amide bonds. The maximum absolute atomic E-state index is 5.75. The van der Waals surface area contributed by atoms with Gasteiger partial charge in [-0.2, -0.15) is 0 Å². The number of nitrogens with one attached hydrogen (secondary N) is 1. The van der Waals surface area contributed by atoms with E-state index in [-0.39, 0.29) is 0 Å². The minimum Gasteiger partial charge on any atom is -0.344 e. The van der Waals surface area contributed by atoms with E-state index >= 15 is 0 Å². The molecule has 2 aromatic heterocycles. The fraction of sp³-hybridized carbons (Fsp3) is 0. The van der Waals surface area contributed by atoms with Crippen LogP contribution in [0.5, 0.6) is 0 Å². The molecule has 1 N–H and O–H groups in total. The molecular formula is C62H38N4S. The molecule has 0 fully saturated rings. The number of fused-ring (bicyclic) bond motifs is 12. The SMILES string of the molecule is C1=C(c2ccc3sc4ccccc4c3c2-n2c3cc4ccccc4cc3c3c4ccccc4ccc32)N=C(c2cc3ccccc3c3ccccc23)N=C(c2cccc(-c3ccccc3)c2)N1. The first-order chi connectivity index (χ1) is 33.2. The van der Waals surface area contributed by atoms with Crippen molar-refractivity contribution in [1.82, 2.24) is 9.88 Å². The first-order valence-corrected chi connectivity index (χ1v) is 23.5. The Balaban J connectivity index is 1.09. The van der Waals surface area contributed by atoms with Crippen molar-refractivity contribution in [2.45, 2.75) is 0 Å². The Morgan fingerprint density at radius 1 is 0.373 bits per heavy atom. The summed E-state index contributed by atoms with van der Waals surface area (Å²) in [5, 5.41) is 18.1. The molecular weight excluding hydrogens is 833 g/mol. The number of aromatic nitrogens is 1. The molecule has 11 aromatic carbocycles. The Kier molecular flexibility index (Phi) is 8.42. The average molecular weight is 871 g/mol.